The van der Waals surface area contributed by atoms with Gasteiger partial charge in [-0.05, 0) is 0 Å². The Kier molecular flexibility index (Phi) is 9.96. The second-order valence-corrected chi connectivity index (χ2v) is 14.4. The van der Waals surface area contributed by atoms with Gasteiger partial charge >= 0.3 is 246 Å². The summed E-state index contributed by atoms with van der Waals surface area (Å²) in [6, 6.07) is 27.3. The number of fused-ring (bicyclic) bond motifs is 2. The van der Waals surface area contributed by atoms with Gasteiger partial charge in [-0.15, -0.1) is 0 Å². The van der Waals surface area contributed by atoms with Crippen molar-refractivity contribution in [2.45, 2.75) is 53.9 Å². The summed E-state index contributed by atoms with van der Waals surface area (Å²) in [7, 11) is 0. The van der Waals surface area contributed by atoms with E-state index in [9.17, 15) is 0 Å². The Hall–Kier alpha value is -2.31. The van der Waals surface area contributed by atoms with E-state index in [0.29, 0.717) is 0 Å². The fourth-order valence-corrected chi connectivity index (χ4v) is 10.6. The van der Waals surface area contributed by atoms with E-state index in [-0.39, 0.29) is 30.2 Å². The van der Waals surface area contributed by atoms with Crippen molar-refractivity contribution in [1.29, 1.82) is 0 Å². The van der Waals surface area contributed by atoms with Gasteiger partial charge in [0.1, 0.15) is 0 Å². The molecule has 3 aliphatic carbocycles. The third-order valence-corrected chi connectivity index (χ3v) is 13.0. The molecule has 41 heavy (non-hydrogen) atoms. The monoisotopic (exact) mass is 653 g/mol. The van der Waals surface area contributed by atoms with Gasteiger partial charge in [0, 0.05) is 0 Å². The summed E-state index contributed by atoms with van der Waals surface area (Å²) in [5.41, 5.74) is 13.3. The average Bonchev–Trinajstić information content (AvgIpc) is 3.60. The first kappa shape index (κ1) is 31.6. The fourth-order valence-electron chi connectivity index (χ4n) is 6.65. The molecule has 0 spiro atoms. The standard InChI is InChI=1S/C25H27.C13H10.2ClH.Zr/c1-6-18-12-16(3)23-20(14-18)15-22-21(23)13-17(4)25(5,7-2)24(22)19-10-8-9-11-19;1-3-7-12(8-4-1)11-13-9-5-2-6-10-13;;;/h8-10,12-14H,6-7,11H2,1-5H3;1-10H;2*1H;/q;;;;+2/p-2. The van der Waals surface area contributed by atoms with Gasteiger partial charge in [0.15, 0.2) is 0 Å². The number of hydrogen-bond donors (Lipinski definition) is 0. The molecule has 6 rings (SSSR count). The number of allylic oxidation sites excluding steroid dienone is 8. The minimum absolute atomic E-state index is 0. The van der Waals surface area contributed by atoms with Gasteiger partial charge < -0.3 is 24.8 Å². The minimum Gasteiger partial charge on any atom is -1.00 e. The molecular formula is C38H37Cl2Zr. The Morgan fingerprint density at radius 1 is 0.878 bits per heavy atom. The van der Waals surface area contributed by atoms with Crippen molar-refractivity contribution in [3.63, 3.8) is 0 Å². The van der Waals surface area contributed by atoms with Gasteiger partial charge in [-0.25, -0.2) is 0 Å². The van der Waals surface area contributed by atoms with E-state index in [1.54, 1.807) is 17.6 Å². The maximum atomic E-state index is 2.56. The molecule has 0 amide bonds. The van der Waals surface area contributed by atoms with Crippen LogP contribution < -0.4 is 35.3 Å². The molecule has 207 valence electrons. The largest absolute Gasteiger partial charge is 1.00 e. The summed E-state index contributed by atoms with van der Waals surface area (Å²) in [5, 5.41) is 3.00. The van der Waals surface area contributed by atoms with Gasteiger partial charge in [0.05, 0.1) is 0 Å². The Morgan fingerprint density at radius 3 is 2.05 bits per heavy atom. The number of benzene rings is 3. The molecular weight excluding hydrogens is 619 g/mol. The molecule has 0 aliphatic heterocycles. The molecule has 0 saturated carbocycles. The topological polar surface area (TPSA) is 0 Å². The quantitative estimate of drug-likeness (QED) is 0.380. The summed E-state index contributed by atoms with van der Waals surface area (Å²) in [5.74, 6) is 0. The zero-order valence-corrected chi connectivity index (χ0v) is 28.6. The van der Waals surface area contributed by atoms with Crippen molar-refractivity contribution in [3.8, 4) is 0 Å². The summed E-state index contributed by atoms with van der Waals surface area (Å²) in [4.78, 5) is 0. The summed E-state index contributed by atoms with van der Waals surface area (Å²) >= 11 is -1.26. The molecule has 0 radical (unpaired) electrons. The van der Waals surface area contributed by atoms with Crippen LogP contribution in [0.1, 0.15) is 62.8 Å². The SMILES string of the molecule is CCc1cc(C)c2c(c1)=[C]([Zr+2]=[C](c1ccccc1)c1ccccc1)C1=C(C3=CC=CC3)C(C)(CC)C(C)=CC=21.[Cl-].[Cl-]. The van der Waals surface area contributed by atoms with Crippen LogP contribution in [-0.2, 0) is 29.2 Å². The van der Waals surface area contributed by atoms with Crippen molar-refractivity contribution < 1.29 is 47.6 Å². The molecule has 0 saturated heterocycles. The molecule has 0 heterocycles. The van der Waals surface area contributed by atoms with E-state index in [1.165, 1.54) is 49.4 Å². The fraction of sp³-hybridized carbons (Fsp3) is 0.237. The first-order valence-electron chi connectivity index (χ1n) is 14.4. The van der Waals surface area contributed by atoms with Crippen LogP contribution in [0.4, 0.5) is 0 Å². The van der Waals surface area contributed by atoms with Crippen LogP contribution in [0, 0.1) is 12.3 Å². The predicted molar refractivity (Wildman–Crippen MR) is 164 cm³/mol. The van der Waals surface area contributed by atoms with Crippen LogP contribution >= 0.6 is 0 Å². The first-order valence-corrected chi connectivity index (χ1v) is 16.8. The first-order chi connectivity index (χ1) is 19.0. The Labute approximate surface area is 269 Å². The van der Waals surface area contributed by atoms with E-state index in [1.807, 2.05) is 0 Å². The molecule has 1 unspecified atom stereocenters. The second kappa shape index (κ2) is 12.9. The van der Waals surface area contributed by atoms with Crippen LogP contribution in [0.3, 0.4) is 0 Å². The zero-order valence-electron chi connectivity index (χ0n) is 24.6. The van der Waals surface area contributed by atoms with Crippen molar-refractivity contribution >= 4 is 12.1 Å². The van der Waals surface area contributed by atoms with Crippen LogP contribution in [0.15, 0.2) is 119 Å². The normalized spacial score (nSPS) is 18.6. The molecule has 0 aromatic heterocycles. The summed E-state index contributed by atoms with van der Waals surface area (Å²) in [6.07, 6.45) is 12.8. The number of halogens is 2. The maximum Gasteiger partial charge on any atom is -1.00 e. The molecule has 0 bridgehead atoms. The Morgan fingerprint density at radius 2 is 1.51 bits per heavy atom. The van der Waals surface area contributed by atoms with Crippen molar-refractivity contribution in [2.75, 3.05) is 0 Å². The number of aryl methyl sites for hydroxylation is 2. The maximum absolute atomic E-state index is 2.56. The smallest absolute Gasteiger partial charge is 1.00 e. The van der Waals surface area contributed by atoms with E-state index < -0.39 is 22.8 Å². The third kappa shape index (κ3) is 5.47. The number of hydrogen-bond acceptors (Lipinski definition) is 0. The zero-order chi connectivity index (χ0) is 27.1. The van der Waals surface area contributed by atoms with Crippen LogP contribution in [0.2, 0.25) is 0 Å². The molecule has 3 aliphatic rings. The minimum atomic E-state index is -1.26. The van der Waals surface area contributed by atoms with Crippen molar-refractivity contribution in [3.05, 3.63) is 152 Å². The predicted octanol–water partition coefficient (Wildman–Crippen LogP) is 1.75. The summed E-state index contributed by atoms with van der Waals surface area (Å²) < 4.78 is 3.23. The molecule has 0 N–H and O–H groups in total. The van der Waals surface area contributed by atoms with Gasteiger partial charge in [-0.1, -0.05) is 0 Å². The van der Waals surface area contributed by atoms with Gasteiger partial charge in [0.25, 0.3) is 0 Å². The molecule has 3 heteroatoms. The van der Waals surface area contributed by atoms with Crippen molar-refractivity contribution in [1.82, 2.24) is 0 Å². The molecule has 3 aromatic carbocycles. The van der Waals surface area contributed by atoms with Crippen molar-refractivity contribution in [2.24, 2.45) is 5.41 Å². The van der Waals surface area contributed by atoms with Gasteiger partial charge in [-0.3, -0.25) is 0 Å². The Bertz CT molecular complexity index is 1710. The van der Waals surface area contributed by atoms with Gasteiger partial charge in [-0.2, -0.15) is 0 Å². The van der Waals surface area contributed by atoms with E-state index in [0.717, 1.165) is 19.3 Å². The summed E-state index contributed by atoms with van der Waals surface area (Å²) in [6.45, 7) is 11.9. The van der Waals surface area contributed by atoms with Crippen LogP contribution in [0.25, 0.3) is 8.85 Å². The van der Waals surface area contributed by atoms with Crippen LogP contribution in [-0.4, -0.2) is 3.21 Å². The molecule has 0 nitrogen and oxygen atoms in total. The second-order valence-electron chi connectivity index (χ2n) is 11.3. The number of rotatable bonds is 6. The Balaban J connectivity index is 0.00000194. The van der Waals surface area contributed by atoms with E-state index in [4.69, 9.17) is 0 Å². The molecule has 3 aromatic rings. The van der Waals surface area contributed by atoms with Crippen LogP contribution in [0.5, 0.6) is 0 Å². The molecule has 1 atom stereocenters. The molecule has 0 fully saturated rings. The third-order valence-electron chi connectivity index (χ3n) is 9.07. The van der Waals surface area contributed by atoms with Gasteiger partial charge in [0.2, 0.25) is 0 Å². The average molecular weight is 656 g/mol. The van der Waals surface area contributed by atoms with E-state index in [2.05, 4.69) is 132 Å². The van der Waals surface area contributed by atoms with E-state index >= 15 is 0 Å².